The summed E-state index contributed by atoms with van der Waals surface area (Å²) in [6.45, 7) is 0. The number of nitro benzene ring substituents is 1. The van der Waals surface area contributed by atoms with E-state index in [0.29, 0.717) is 27.4 Å². The third kappa shape index (κ3) is 3.21. The van der Waals surface area contributed by atoms with Crippen LogP contribution in [0.15, 0.2) is 89.8 Å². The van der Waals surface area contributed by atoms with E-state index in [2.05, 4.69) is 4.98 Å². The quantitative estimate of drug-likeness (QED) is 0.195. The lowest BCUT2D eigenvalue weighted by Crippen LogP contribution is -2.13. The van der Waals surface area contributed by atoms with Gasteiger partial charge in [0.25, 0.3) is 15.7 Å². The van der Waals surface area contributed by atoms with E-state index in [1.54, 1.807) is 54.6 Å². The van der Waals surface area contributed by atoms with Gasteiger partial charge in [0.2, 0.25) is 0 Å². The standard InChI is InChI=1S/C23H14ClN3O4S/c24-22-12-10-19-20-14-16(15-5-4-6-17(13-15)27(28)29)9-11-21(20)26(23(19)25-22)32(30,31)18-7-2-1-3-8-18/h1-14H. The van der Waals surface area contributed by atoms with E-state index < -0.39 is 14.9 Å². The number of aromatic nitrogens is 2. The molecule has 2 heterocycles. The van der Waals surface area contributed by atoms with E-state index in [-0.39, 0.29) is 21.4 Å². The molecule has 2 aromatic heterocycles. The molecule has 3 aromatic carbocycles. The van der Waals surface area contributed by atoms with Crippen molar-refractivity contribution >= 4 is 49.2 Å². The molecule has 158 valence electrons. The molecule has 0 spiro atoms. The SMILES string of the molecule is O=[N+]([O-])c1cccc(-c2ccc3c(c2)c2ccc(Cl)nc2n3S(=O)(=O)c2ccccc2)c1. The molecular weight excluding hydrogens is 450 g/mol. The van der Waals surface area contributed by atoms with Crippen molar-refractivity contribution in [2.45, 2.75) is 4.90 Å². The highest BCUT2D eigenvalue weighted by atomic mass is 35.5. The minimum Gasteiger partial charge on any atom is -0.258 e. The smallest absolute Gasteiger partial charge is 0.258 e. The fourth-order valence-corrected chi connectivity index (χ4v) is 5.39. The van der Waals surface area contributed by atoms with E-state index in [1.165, 1.54) is 28.2 Å². The van der Waals surface area contributed by atoms with Gasteiger partial charge in [-0.2, -0.15) is 0 Å². The number of rotatable bonds is 4. The van der Waals surface area contributed by atoms with Gasteiger partial charge in [-0.3, -0.25) is 10.1 Å². The average Bonchev–Trinajstić information content (AvgIpc) is 3.13. The fraction of sp³-hybridized carbons (Fsp3) is 0. The molecule has 0 aliphatic heterocycles. The van der Waals surface area contributed by atoms with Crippen molar-refractivity contribution in [1.29, 1.82) is 0 Å². The first-order chi connectivity index (χ1) is 15.4. The van der Waals surface area contributed by atoms with Gasteiger partial charge in [-0.15, -0.1) is 0 Å². The second-order valence-electron chi connectivity index (χ2n) is 7.13. The maximum atomic E-state index is 13.5. The van der Waals surface area contributed by atoms with Crippen LogP contribution in [0.2, 0.25) is 5.15 Å². The zero-order valence-electron chi connectivity index (χ0n) is 16.3. The van der Waals surface area contributed by atoms with Crippen LogP contribution in [-0.4, -0.2) is 22.3 Å². The summed E-state index contributed by atoms with van der Waals surface area (Å²) in [5.41, 5.74) is 1.99. The number of hydrogen-bond acceptors (Lipinski definition) is 5. The van der Waals surface area contributed by atoms with E-state index in [4.69, 9.17) is 11.6 Å². The minimum absolute atomic E-state index is 0.0230. The third-order valence-corrected chi connectivity index (χ3v) is 7.14. The summed E-state index contributed by atoms with van der Waals surface area (Å²) in [5, 5.41) is 12.6. The van der Waals surface area contributed by atoms with Crippen LogP contribution in [0, 0.1) is 10.1 Å². The second-order valence-corrected chi connectivity index (χ2v) is 9.30. The van der Waals surface area contributed by atoms with E-state index in [1.807, 2.05) is 6.07 Å². The Morgan fingerprint density at radius 3 is 2.34 bits per heavy atom. The summed E-state index contributed by atoms with van der Waals surface area (Å²) < 4.78 is 28.2. The van der Waals surface area contributed by atoms with Gasteiger partial charge in [-0.05, 0) is 47.5 Å². The summed E-state index contributed by atoms with van der Waals surface area (Å²) in [4.78, 5) is 15.1. The molecule has 5 rings (SSSR count). The molecule has 0 saturated carbocycles. The zero-order valence-corrected chi connectivity index (χ0v) is 17.9. The monoisotopic (exact) mass is 463 g/mol. The van der Waals surface area contributed by atoms with Crippen molar-refractivity contribution in [2.24, 2.45) is 0 Å². The van der Waals surface area contributed by atoms with Gasteiger partial charge in [-0.1, -0.05) is 48.0 Å². The first-order valence-corrected chi connectivity index (χ1v) is 11.3. The highest BCUT2D eigenvalue weighted by molar-refractivity contribution is 7.90. The van der Waals surface area contributed by atoms with Crippen LogP contribution in [0.4, 0.5) is 5.69 Å². The van der Waals surface area contributed by atoms with Gasteiger partial charge in [0.15, 0.2) is 5.65 Å². The van der Waals surface area contributed by atoms with Crippen LogP contribution >= 0.6 is 11.6 Å². The number of pyridine rings is 1. The van der Waals surface area contributed by atoms with E-state index >= 15 is 0 Å². The second kappa shape index (κ2) is 7.44. The average molecular weight is 464 g/mol. The van der Waals surface area contributed by atoms with Crippen molar-refractivity contribution in [2.75, 3.05) is 0 Å². The number of halogens is 1. The van der Waals surface area contributed by atoms with Gasteiger partial charge in [-0.25, -0.2) is 17.4 Å². The van der Waals surface area contributed by atoms with Gasteiger partial charge in [0.1, 0.15) is 5.15 Å². The number of fused-ring (bicyclic) bond motifs is 3. The molecule has 0 unspecified atom stereocenters. The Kier molecular flexibility index (Phi) is 4.69. The van der Waals surface area contributed by atoms with Crippen LogP contribution in [0.25, 0.3) is 33.1 Å². The van der Waals surface area contributed by atoms with Crippen molar-refractivity contribution in [1.82, 2.24) is 8.96 Å². The molecule has 32 heavy (non-hydrogen) atoms. The lowest BCUT2D eigenvalue weighted by Gasteiger charge is -2.09. The Morgan fingerprint density at radius 1 is 0.844 bits per heavy atom. The Hall–Kier alpha value is -3.75. The van der Waals surface area contributed by atoms with Gasteiger partial charge in [0.05, 0.1) is 15.3 Å². The molecule has 0 N–H and O–H groups in total. The van der Waals surface area contributed by atoms with E-state index in [9.17, 15) is 18.5 Å². The highest BCUT2D eigenvalue weighted by Crippen LogP contribution is 2.35. The van der Waals surface area contributed by atoms with Crippen LogP contribution < -0.4 is 0 Å². The van der Waals surface area contributed by atoms with Crippen molar-refractivity contribution in [3.63, 3.8) is 0 Å². The first-order valence-electron chi connectivity index (χ1n) is 9.52. The minimum atomic E-state index is -3.95. The maximum absolute atomic E-state index is 13.5. The number of nitro groups is 1. The third-order valence-electron chi connectivity index (χ3n) is 5.21. The predicted molar refractivity (Wildman–Crippen MR) is 123 cm³/mol. The van der Waals surface area contributed by atoms with Crippen LogP contribution in [0.1, 0.15) is 0 Å². The molecular formula is C23H14ClN3O4S. The molecule has 0 aliphatic carbocycles. The van der Waals surface area contributed by atoms with Crippen molar-refractivity contribution in [3.8, 4) is 11.1 Å². The molecule has 9 heteroatoms. The molecule has 0 amide bonds. The van der Waals surface area contributed by atoms with Crippen molar-refractivity contribution in [3.05, 3.63) is 100 Å². The largest absolute Gasteiger partial charge is 0.270 e. The molecule has 5 aromatic rings. The molecule has 0 radical (unpaired) electrons. The normalized spacial score (nSPS) is 11.8. The van der Waals surface area contributed by atoms with Gasteiger partial charge < -0.3 is 0 Å². The Balaban J connectivity index is 1.82. The highest BCUT2D eigenvalue weighted by Gasteiger charge is 2.24. The molecule has 0 saturated heterocycles. The number of nitrogens with zero attached hydrogens (tertiary/aromatic N) is 3. The molecule has 0 aliphatic rings. The molecule has 7 nitrogen and oxygen atoms in total. The van der Waals surface area contributed by atoms with Crippen molar-refractivity contribution < 1.29 is 13.3 Å². The summed E-state index contributed by atoms with van der Waals surface area (Å²) >= 11 is 6.11. The van der Waals surface area contributed by atoms with Crippen LogP contribution in [0.3, 0.4) is 0 Å². The number of hydrogen-bond donors (Lipinski definition) is 0. The van der Waals surface area contributed by atoms with Crippen LogP contribution in [0.5, 0.6) is 0 Å². The lowest BCUT2D eigenvalue weighted by atomic mass is 10.0. The summed E-state index contributed by atoms with van der Waals surface area (Å²) in [5.74, 6) is 0. The van der Waals surface area contributed by atoms with Crippen LogP contribution in [-0.2, 0) is 10.0 Å². The van der Waals surface area contributed by atoms with E-state index in [0.717, 1.165) is 0 Å². The predicted octanol–water partition coefficient (Wildman–Crippen LogP) is 5.66. The maximum Gasteiger partial charge on any atom is 0.270 e. The lowest BCUT2D eigenvalue weighted by molar-refractivity contribution is -0.384. The Labute approximate surface area is 187 Å². The van der Waals surface area contributed by atoms with Gasteiger partial charge >= 0.3 is 0 Å². The first kappa shape index (κ1) is 20.2. The topological polar surface area (TPSA) is 95.1 Å². The molecule has 0 bridgehead atoms. The fourth-order valence-electron chi connectivity index (χ4n) is 3.75. The Bertz CT molecular complexity index is 1630. The number of non-ortho nitro benzene ring substituents is 1. The Morgan fingerprint density at radius 2 is 1.59 bits per heavy atom. The summed E-state index contributed by atoms with van der Waals surface area (Å²) in [6, 6.07) is 22.9. The molecule has 0 atom stereocenters. The number of benzene rings is 3. The zero-order chi connectivity index (χ0) is 22.5. The molecule has 0 fully saturated rings. The van der Waals surface area contributed by atoms with Gasteiger partial charge in [0, 0.05) is 22.9 Å². The summed E-state index contributed by atoms with van der Waals surface area (Å²) in [7, 11) is -3.95. The summed E-state index contributed by atoms with van der Waals surface area (Å²) in [6.07, 6.45) is 0.